The molecule has 1 aliphatic rings. The van der Waals surface area contributed by atoms with Gasteiger partial charge in [-0.2, -0.15) is 4.99 Å². The van der Waals surface area contributed by atoms with Gasteiger partial charge < -0.3 is 15.4 Å². The first-order valence-electron chi connectivity index (χ1n) is 8.13. The van der Waals surface area contributed by atoms with E-state index in [0.717, 1.165) is 42.9 Å². The second-order valence-electron chi connectivity index (χ2n) is 5.67. The third-order valence-electron chi connectivity index (χ3n) is 3.98. The molecule has 2 aromatic carbocycles. The maximum Gasteiger partial charge on any atom is 0.227 e. The summed E-state index contributed by atoms with van der Waals surface area (Å²) in [6.45, 7) is 1.92. The molecule has 2 N–H and O–H groups in total. The highest BCUT2D eigenvalue weighted by molar-refractivity contribution is 6.05. The predicted molar refractivity (Wildman–Crippen MR) is 105 cm³/mol. The number of halogens is 1. The third-order valence-corrected chi connectivity index (χ3v) is 3.98. The number of hydrogen-bond acceptors (Lipinski definition) is 2. The van der Waals surface area contributed by atoms with Crippen LogP contribution in [0.3, 0.4) is 0 Å². The van der Waals surface area contributed by atoms with E-state index < -0.39 is 0 Å². The summed E-state index contributed by atoms with van der Waals surface area (Å²) in [5.74, 6) is 1.96. The van der Waals surface area contributed by atoms with Gasteiger partial charge in [0.2, 0.25) is 5.96 Å². The summed E-state index contributed by atoms with van der Waals surface area (Å²) in [5, 5.41) is 0. The fraction of sp³-hybridized carbons (Fsp3) is 0.263. The lowest BCUT2D eigenvalue weighted by Gasteiger charge is -2.17. The Morgan fingerprint density at radius 3 is 2.24 bits per heavy atom. The van der Waals surface area contributed by atoms with Crippen LogP contribution in [-0.4, -0.2) is 36.9 Å². The van der Waals surface area contributed by atoms with Gasteiger partial charge in [0.15, 0.2) is 0 Å². The van der Waals surface area contributed by atoms with Gasteiger partial charge in [-0.3, -0.25) is 0 Å². The standard InChI is InChI=1S/C19H22N4O.ClH/c1-24-17-11-9-16(10-12-17)21-19(23-13-5-6-14-23)22-18(20)15-7-3-2-4-8-15;/h2-4,7-12H,5-6,13-14H2,1H3,(H2,20,21,22);1H. The van der Waals surface area contributed by atoms with E-state index in [1.165, 1.54) is 0 Å². The monoisotopic (exact) mass is 358 g/mol. The lowest BCUT2D eigenvalue weighted by Crippen LogP contribution is -2.29. The molecule has 0 amide bonds. The van der Waals surface area contributed by atoms with E-state index in [9.17, 15) is 0 Å². The molecule has 1 fully saturated rings. The van der Waals surface area contributed by atoms with Crippen LogP contribution in [0, 0.1) is 0 Å². The molecular weight excluding hydrogens is 336 g/mol. The molecule has 2 aromatic rings. The zero-order valence-corrected chi connectivity index (χ0v) is 15.1. The van der Waals surface area contributed by atoms with Crippen LogP contribution in [0.4, 0.5) is 5.69 Å². The number of nitrogens with zero attached hydrogens (tertiary/aromatic N) is 3. The van der Waals surface area contributed by atoms with Crippen molar-refractivity contribution in [3.05, 3.63) is 60.2 Å². The highest BCUT2D eigenvalue weighted by Crippen LogP contribution is 2.20. The van der Waals surface area contributed by atoms with Gasteiger partial charge in [-0.15, -0.1) is 12.4 Å². The number of ether oxygens (including phenoxy) is 1. The molecule has 1 aliphatic heterocycles. The Kier molecular flexibility index (Phi) is 6.83. The van der Waals surface area contributed by atoms with Gasteiger partial charge in [-0.25, -0.2) is 4.99 Å². The maximum atomic E-state index is 6.19. The summed E-state index contributed by atoms with van der Waals surface area (Å²) in [5.41, 5.74) is 7.92. The number of amidine groups is 1. The zero-order chi connectivity index (χ0) is 16.8. The predicted octanol–water partition coefficient (Wildman–Crippen LogP) is 3.61. The molecule has 0 bridgehead atoms. The first-order chi connectivity index (χ1) is 11.8. The van der Waals surface area contributed by atoms with E-state index in [-0.39, 0.29) is 12.4 Å². The summed E-state index contributed by atoms with van der Waals surface area (Å²) >= 11 is 0. The topological polar surface area (TPSA) is 63.2 Å². The maximum absolute atomic E-state index is 6.19. The number of rotatable bonds is 3. The molecule has 25 heavy (non-hydrogen) atoms. The highest BCUT2D eigenvalue weighted by Gasteiger charge is 2.16. The van der Waals surface area contributed by atoms with Crippen LogP contribution >= 0.6 is 12.4 Å². The quantitative estimate of drug-likeness (QED) is 0.673. The molecule has 1 saturated heterocycles. The number of likely N-dealkylation sites (tertiary alicyclic amines) is 1. The average molecular weight is 359 g/mol. The van der Waals surface area contributed by atoms with Crippen LogP contribution in [0.5, 0.6) is 5.75 Å². The van der Waals surface area contributed by atoms with Crippen molar-refractivity contribution >= 4 is 29.9 Å². The van der Waals surface area contributed by atoms with Crippen molar-refractivity contribution in [2.75, 3.05) is 20.2 Å². The Labute approximate surface area is 154 Å². The van der Waals surface area contributed by atoms with Gasteiger partial charge in [0, 0.05) is 18.7 Å². The van der Waals surface area contributed by atoms with E-state index in [4.69, 9.17) is 15.5 Å². The molecule has 0 unspecified atom stereocenters. The fourth-order valence-electron chi connectivity index (χ4n) is 2.64. The molecule has 0 atom stereocenters. The second kappa shape index (κ2) is 9.08. The molecule has 0 radical (unpaired) electrons. The molecule has 0 spiro atoms. The Hall–Kier alpha value is -2.53. The average Bonchev–Trinajstić information content (AvgIpc) is 3.17. The summed E-state index contributed by atoms with van der Waals surface area (Å²) in [4.78, 5) is 11.5. The Balaban J connectivity index is 0.00000225. The van der Waals surface area contributed by atoms with Gasteiger partial charge in [-0.05, 0) is 37.1 Å². The van der Waals surface area contributed by atoms with Crippen LogP contribution in [0.1, 0.15) is 18.4 Å². The minimum atomic E-state index is 0. The van der Waals surface area contributed by atoms with E-state index in [1.54, 1.807) is 7.11 Å². The molecule has 0 aromatic heterocycles. The lowest BCUT2D eigenvalue weighted by atomic mass is 10.2. The van der Waals surface area contributed by atoms with Crippen molar-refractivity contribution in [2.24, 2.45) is 15.7 Å². The highest BCUT2D eigenvalue weighted by atomic mass is 35.5. The minimum absolute atomic E-state index is 0. The Morgan fingerprint density at radius 2 is 1.64 bits per heavy atom. The summed E-state index contributed by atoms with van der Waals surface area (Å²) in [6.07, 6.45) is 2.31. The fourth-order valence-corrected chi connectivity index (χ4v) is 2.64. The van der Waals surface area contributed by atoms with Gasteiger partial charge >= 0.3 is 0 Å². The normalized spacial score (nSPS) is 15.0. The molecule has 0 saturated carbocycles. The number of guanidine groups is 1. The first-order valence-corrected chi connectivity index (χ1v) is 8.13. The van der Waals surface area contributed by atoms with E-state index in [0.29, 0.717) is 11.8 Å². The second-order valence-corrected chi connectivity index (χ2v) is 5.67. The summed E-state index contributed by atoms with van der Waals surface area (Å²) in [7, 11) is 1.65. The molecule has 1 heterocycles. The summed E-state index contributed by atoms with van der Waals surface area (Å²) < 4.78 is 5.19. The largest absolute Gasteiger partial charge is 0.497 e. The van der Waals surface area contributed by atoms with Gasteiger partial charge in [0.05, 0.1) is 12.8 Å². The Morgan fingerprint density at radius 1 is 1.00 bits per heavy atom. The Bertz CT molecular complexity index is 723. The van der Waals surface area contributed by atoms with Crippen LogP contribution in [0.25, 0.3) is 0 Å². The number of aliphatic imine (C=N–C) groups is 2. The molecule has 3 rings (SSSR count). The van der Waals surface area contributed by atoms with Crippen LogP contribution in [0.2, 0.25) is 0 Å². The number of benzene rings is 2. The van der Waals surface area contributed by atoms with E-state index in [1.807, 2.05) is 54.6 Å². The molecule has 5 nitrogen and oxygen atoms in total. The van der Waals surface area contributed by atoms with E-state index >= 15 is 0 Å². The molecule has 132 valence electrons. The summed E-state index contributed by atoms with van der Waals surface area (Å²) in [6, 6.07) is 17.4. The van der Waals surface area contributed by atoms with Crippen molar-refractivity contribution in [3.63, 3.8) is 0 Å². The molecular formula is C19H23ClN4O. The van der Waals surface area contributed by atoms with Crippen molar-refractivity contribution in [1.82, 2.24) is 4.90 Å². The SMILES string of the molecule is COc1ccc(N=C(N=C(N)c2ccccc2)N2CCCC2)cc1.Cl. The van der Waals surface area contributed by atoms with Crippen molar-refractivity contribution in [1.29, 1.82) is 0 Å². The van der Waals surface area contributed by atoms with Gasteiger partial charge in [0.25, 0.3) is 0 Å². The zero-order valence-electron chi connectivity index (χ0n) is 14.3. The smallest absolute Gasteiger partial charge is 0.227 e. The molecule has 0 aliphatic carbocycles. The number of nitrogens with two attached hydrogens (primary N) is 1. The van der Waals surface area contributed by atoms with Crippen molar-refractivity contribution < 1.29 is 4.74 Å². The number of hydrogen-bond donors (Lipinski definition) is 1. The minimum Gasteiger partial charge on any atom is -0.497 e. The number of methoxy groups -OCH3 is 1. The van der Waals surface area contributed by atoms with Crippen LogP contribution in [0.15, 0.2) is 64.6 Å². The van der Waals surface area contributed by atoms with Crippen LogP contribution < -0.4 is 10.5 Å². The first kappa shape index (κ1) is 18.8. The van der Waals surface area contributed by atoms with Crippen LogP contribution in [-0.2, 0) is 0 Å². The van der Waals surface area contributed by atoms with Crippen molar-refractivity contribution in [2.45, 2.75) is 12.8 Å². The third kappa shape index (κ3) is 4.97. The molecule has 6 heteroatoms. The van der Waals surface area contributed by atoms with Gasteiger partial charge in [0.1, 0.15) is 11.6 Å². The van der Waals surface area contributed by atoms with Crippen molar-refractivity contribution in [3.8, 4) is 5.75 Å². The van der Waals surface area contributed by atoms with E-state index in [2.05, 4.69) is 9.89 Å². The lowest BCUT2D eigenvalue weighted by molar-refractivity contribution is 0.415. The van der Waals surface area contributed by atoms with Gasteiger partial charge in [-0.1, -0.05) is 30.3 Å².